The van der Waals surface area contributed by atoms with Gasteiger partial charge in [-0.15, -0.1) is 0 Å². The number of ether oxygens (including phenoxy) is 3. The van der Waals surface area contributed by atoms with E-state index in [1.54, 1.807) is 17.0 Å². The van der Waals surface area contributed by atoms with Gasteiger partial charge in [0.25, 0.3) is 5.91 Å². The Bertz CT molecular complexity index is 1310. The highest BCUT2D eigenvalue weighted by Gasteiger charge is 2.36. The molecule has 5 rings (SSSR count). The Labute approximate surface area is 210 Å². The molecule has 2 aromatic heterocycles. The van der Waals surface area contributed by atoms with Gasteiger partial charge in [-0.05, 0) is 25.5 Å². The molecule has 198 valence electrons. The Morgan fingerprint density at radius 3 is 2.57 bits per heavy atom. The van der Waals surface area contributed by atoms with E-state index in [1.165, 1.54) is 0 Å². The van der Waals surface area contributed by atoms with Crippen LogP contribution in [0.2, 0.25) is 0 Å². The molecular formula is C24H27F3N6O4. The summed E-state index contributed by atoms with van der Waals surface area (Å²) in [4.78, 5) is 26.1. The van der Waals surface area contributed by atoms with Gasteiger partial charge in [0.05, 0.1) is 35.4 Å². The third-order valence-corrected chi connectivity index (χ3v) is 6.30. The van der Waals surface area contributed by atoms with Crippen molar-refractivity contribution in [3.8, 4) is 11.5 Å². The lowest BCUT2D eigenvalue weighted by Crippen LogP contribution is -2.41. The summed E-state index contributed by atoms with van der Waals surface area (Å²) in [6, 6.07) is 3.14. The molecule has 0 aliphatic carbocycles. The maximum Gasteiger partial charge on any atom is 0.418 e. The van der Waals surface area contributed by atoms with Crippen LogP contribution in [0.25, 0.3) is 11.0 Å². The molecule has 1 amide bonds. The molecule has 3 N–H and O–H groups in total. The molecule has 13 heteroatoms. The van der Waals surface area contributed by atoms with Crippen LogP contribution < -0.4 is 20.1 Å². The Hall–Kier alpha value is -3.74. The Balaban J connectivity index is 1.52. The second-order valence-corrected chi connectivity index (χ2v) is 8.82. The minimum absolute atomic E-state index is 0.0285. The van der Waals surface area contributed by atoms with Crippen LogP contribution >= 0.6 is 0 Å². The average molecular weight is 521 g/mol. The van der Waals surface area contributed by atoms with Crippen molar-refractivity contribution in [2.45, 2.75) is 32.5 Å². The number of anilines is 3. The fraction of sp³-hybridized carbons (Fsp3) is 0.458. The number of carbonyl (C=O) groups excluding carboxylic acids is 1. The van der Waals surface area contributed by atoms with Gasteiger partial charge in [-0.25, -0.2) is 0 Å². The highest BCUT2D eigenvalue weighted by molar-refractivity contribution is 5.99. The molecule has 10 nitrogen and oxygen atoms in total. The summed E-state index contributed by atoms with van der Waals surface area (Å²) in [6.07, 6.45) is -3.01. The molecule has 3 aromatic rings. The van der Waals surface area contributed by atoms with Crippen molar-refractivity contribution in [2.75, 3.05) is 50.2 Å². The van der Waals surface area contributed by atoms with Crippen LogP contribution in [-0.2, 0) is 10.9 Å². The molecule has 0 spiro atoms. The quantitative estimate of drug-likeness (QED) is 0.444. The highest BCUT2D eigenvalue weighted by atomic mass is 19.4. The van der Waals surface area contributed by atoms with E-state index in [9.17, 15) is 18.0 Å². The normalized spacial score (nSPS) is 16.5. The molecule has 1 fully saturated rings. The molecule has 0 bridgehead atoms. The van der Waals surface area contributed by atoms with Crippen molar-refractivity contribution < 1.29 is 32.2 Å². The van der Waals surface area contributed by atoms with Crippen LogP contribution in [0.15, 0.2) is 18.3 Å². The number of H-pyrrole nitrogens is 1. The molecule has 37 heavy (non-hydrogen) atoms. The van der Waals surface area contributed by atoms with Gasteiger partial charge in [-0.2, -0.15) is 23.1 Å². The minimum atomic E-state index is -4.57. The SMILES string of the molecule is CC[C@H](C)Nc1nc(Nc2ccc(C(=O)N3CCOCC3)c3c2OCCO3)nc2[nH]cc(C(F)(F)F)c12. The lowest BCUT2D eigenvalue weighted by molar-refractivity contribution is -0.136. The number of nitrogens with zero attached hydrogens (tertiary/aromatic N) is 3. The topological polar surface area (TPSA) is 114 Å². The van der Waals surface area contributed by atoms with E-state index in [0.717, 1.165) is 6.20 Å². The van der Waals surface area contributed by atoms with Gasteiger partial charge in [0, 0.05) is 25.3 Å². The summed E-state index contributed by atoms with van der Waals surface area (Å²) in [5.41, 5.74) is -0.0396. The van der Waals surface area contributed by atoms with Crippen molar-refractivity contribution in [1.29, 1.82) is 0 Å². The zero-order valence-corrected chi connectivity index (χ0v) is 20.4. The molecule has 4 heterocycles. The standard InChI is InChI=1S/C24H27F3N6O4/c1-3-13(2)29-21-17-15(24(25,26)27)12-28-20(17)31-23(32-21)30-16-5-4-14(18-19(16)37-11-10-36-18)22(34)33-6-8-35-9-7-33/h4-5,12-13H,3,6-11H2,1-2H3,(H3,28,29,30,31,32)/t13-/m0/s1. The van der Waals surface area contributed by atoms with Crippen LogP contribution in [-0.4, -0.2) is 71.3 Å². The summed E-state index contributed by atoms with van der Waals surface area (Å²) in [5, 5.41) is 5.96. The zero-order valence-electron chi connectivity index (χ0n) is 20.4. The number of nitrogens with one attached hydrogen (secondary N) is 3. The molecule has 0 radical (unpaired) electrons. The van der Waals surface area contributed by atoms with Crippen molar-refractivity contribution in [3.63, 3.8) is 0 Å². The van der Waals surface area contributed by atoms with E-state index in [0.29, 0.717) is 55.5 Å². The predicted molar refractivity (Wildman–Crippen MR) is 130 cm³/mol. The highest BCUT2D eigenvalue weighted by Crippen LogP contribution is 2.43. The zero-order chi connectivity index (χ0) is 26.2. The molecule has 1 aromatic carbocycles. The van der Waals surface area contributed by atoms with Gasteiger partial charge in [0.2, 0.25) is 5.95 Å². The van der Waals surface area contributed by atoms with Crippen LogP contribution in [0.3, 0.4) is 0 Å². The van der Waals surface area contributed by atoms with Crippen molar-refractivity contribution in [1.82, 2.24) is 19.9 Å². The fourth-order valence-electron chi connectivity index (χ4n) is 4.21. The molecule has 0 saturated carbocycles. The van der Waals surface area contributed by atoms with E-state index in [2.05, 4.69) is 25.6 Å². The first kappa shape index (κ1) is 24.9. The lowest BCUT2D eigenvalue weighted by atomic mass is 10.1. The minimum Gasteiger partial charge on any atom is -0.485 e. The summed E-state index contributed by atoms with van der Waals surface area (Å²) < 4.78 is 57.9. The number of alkyl halides is 3. The van der Waals surface area contributed by atoms with Crippen molar-refractivity contribution in [3.05, 3.63) is 29.5 Å². The maximum absolute atomic E-state index is 13.6. The number of aromatic nitrogens is 3. The first-order valence-corrected chi connectivity index (χ1v) is 12.1. The molecule has 2 aliphatic heterocycles. The van der Waals surface area contributed by atoms with E-state index >= 15 is 0 Å². The van der Waals surface area contributed by atoms with Gasteiger partial charge < -0.3 is 34.7 Å². The smallest absolute Gasteiger partial charge is 0.418 e. The number of aromatic amines is 1. The number of morpholine rings is 1. The second kappa shape index (κ2) is 9.96. The molecule has 2 aliphatic rings. The largest absolute Gasteiger partial charge is 0.485 e. The van der Waals surface area contributed by atoms with Crippen molar-refractivity contribution in [2.24, 2.45) is 0 Å². The van der Waals surface area contributed by atoms with Crippen LogP contribution in [0.5, 0.6) is 11.5 Å². The fourth-order valence-corrected chi connectivity index (χ4v) is 4.21. The maximum atomic E-state index is 13.6. The third kappa shape index (κ3) is 4.95. The Morgan fingerprint density at radius 1 is 1.14 bits per heavy atom. The Kier molecular flexibility index (Phi) is 6.71. The monoisotopic (exact) mass is 520 g/mol. The van der Waals surface area contributed by atoms with Gasteiger partial charge >= 0.3 is 6.18 Å². The summed E-state index contributed by atoms with van der Waals surface area (Å²) in [6.45, 7) is 6.19. The van der Waals surface area contributed by atoms with Crippen molar-refractivity contribution >= 4 is 34.4 Å². The number of carbonyl (C=O) groups is 1. The number of hydrogen-bond donors (Lipinski definition) is 3. The van der Waals surface area contributed by atoms with E-state index in [4.69, 9.17) is 14.2 Å². The summed E-state index contributed by atoms with van der Waals surface area (Å²) in [7, 11) is 0. The van der Waals surface area contributed by atoms with Crippen LogP contribution in [0.1, 0.15) is 36.2 Å². The Morgan fingerprint density at radius 2 is 1.86 bits per heavy atom. The lowest BCUT2D eigenvalue weighted by Gasteiger charge is -2.29. The number of rotatable bonds is 6. The third-order valence-electron chi connectivity index (χ3n) is 6.30. The summed E-state index contributed by atoms with van der Waals surface area (Å²) >= 11 is 0. The average Bonchev–Trinajstić information content (AvgIpc) is 3.34. The first-order chi connectivity index (χ1) is 17.8. The summed E-state index contributed by atoms with van der Waals surface area (Å²) in [5.74, 6) is 0.525. The van der Waals surface area contributed by atoms with E-state index < -0.39 is 11.7 Å². The number of hydrogen-bond acceptors (Lipinski definition) is 8. The van der Waals surface area contributed by atoms with Gasteiger partial charge in [-0.3, -0.25) is 4.79 Å². The van der Waals surface area contributed by atoms with Gasteiger partial charge in [0.15, 0.2) is 11.5 Å². The molecule has 0 unspecified atom stereocenters. The predicted octanol–water partition coefficient (Wildman–Crippen LogP) is 4.17. The van der Waals surface area contributed by atoms with Crippen LogP contribution in [0, 0.1) is 0 Å². The van der Waals surface area contributed by atoms with Gasteiger partial charge in [-0.1, -0.05) is 6.92 Å². The molecule has 1 saturated heterocycles. The molecule has 1 atom stereocenters. The number of halogens is 3. The first-order valence-electron chi connectivity index (χ1n) is 12.1. The van der Waals surface area contributed by atoms with E-state index in [1.807, 2.05) is 13.8 Å². The number of benzene rings is 1. The number of fused-ring (bicyclic) bond motifs is 2. The number of amides is 1. The second-order valence-electron chi connectivity index (χ2n) is 8.82. The van der Waals surface area contributed by atoms with Gasteiger partial charge in [0.1, 0.15) is 24.7 Å². The van der Waals surface area contributed by atoms with Crippen LogP contribution in [0.4, 0.5) is 30.6 Å². The molecular weight excluding hydrogens is 493 g/mol. The van der Waals surface area contributed by atoms with E-state index in [-0.39, 0.29) is 48.0 Å².